The first kappa shape index (κ1) is 12.1. The van der Waals surface area contributed by atoms with E-state index in [2.05, 4.69) is 30.2 Å². The van der Waals surface area contributed by atoms with Crippen molar-refractivity contribution in [2.24, 2.45) is 0 Å². The Morgan fingerprint density at radius 2 is 2.19 bits per heavy atom. The third-order valence-corrected chi connectivity index (χ3v) is 4.74. The van der Waals surface area contributed by atoms with Gasteiger partial charge < -0.3 is 5.11 Å². The minimum Gasteiger partial charge on any atom is -0.389 e. The summed E-state index contributed by atoms with van der Waals surface area (Å²) in [5, 5.41) is 12.5. The predicted octanol–water partition coefficient (Wildman–Crippen LogP) is 2.66. The lowest BCUT2D eigenvalue weighted by molar-refractivity contribution is -0.00668. The van der Waals surface area contributed by atoms with E-state index in [0.717, 1.165) is 38.9 Å². The van der Waals surface area contributed by atoms with E-state index in [-0.39, 0.29) is 0 Å². The molecule has 0 spiro atoms. The molecule has 0 atom stereocenters. The highest BCUT2D eigenvalue weighted by atomic mass is 32.1. The molecule has 0 aromatic carbocycles. The minimum atomic E-state index is -0.493. The Hall–Kier alpha value is -0.380. The van der Waals surface area contributed by atoms with Gasteiger partial charge >= 0.3 is 0 Å². The van der Waals surface area contributed by atoms with Crippen LogP contribution >= 0.6 is 11.3 Å². The first-order chi connectivity index (χ1) is 7.67. The predicted molar refractivity (Wildman–Crippen MR) is 68.8 cm³/mol. The van der Waals surface area contributed by atoms with Crippen LogP contribution in [0.2, 0.25) is 0 Å². The Bertz CT molecular complexity index is 343. The van der Waals surface area contributed by atoms with Gasteiger partial charge in [0.2, 0.25) is 0 Å². The Balaban J connectivity index is 1.99. The second-order valence-corrected chi connectivity index (χ2v) is 5.76. The van der Waals surface area contributed by atoms with Crippen LogP contribution in [0, 0.1) is 0 Å². The SMILES string of the molecule is CCC(O)(CC)CN1CCc2sccc2C1. The summed E-state index contributed by atoms with van der Waals surface area (Å²) in [4.78, 5) is 3.93. The fourth-order valence-electron chi connectivity index (χ4n) is 2.33. The van der Waals surface area contributed by atoms with Gasteiger partial charge in [-0.1, -0.05) is 13.8 Å². The van der Waals surface area contributed by atoms with E-state index in [1.165, 1.54) is 10.4 Å². The van der Waals surface area contributed by atoms with E-state index < -0.39 is 5.60 Å². The summed E-state index contributed by atoms with van der Waals surface area (Å²) in [5.41, 5.74) is 0.971. The molecule has 3 heteroatoms. The lowest BCUT2D eigenvalue weighted by Gasteiger charge is -2.35. The second-order valence-electron chi connectivity index (χ2n) is 4.76. The van der Waals surface area contributed by atoms with Crippen molar-refractivity contribution in [1.82, 2.24) is 4.90 Å². The van der Waals surface area contributed by atoms with Gasteiger partial charge in [-0.05, 0) is 36.3 Å². The zero-order valence-electron chi connectivity index (χ0n) is 10.2. The Kier molecular flexibility index (Phi) is 3.67. The number of fused-ring (bicyclic) bond motifs is 1. The summed E-state index contributed by atoms with van der Waals surface area (Å²) in [7, 11) is 0. The van der Waals surface area contributed by atoms with Crippen molar-refractivity contribution >= 4 is 11.3 Å². The molecule has 0 saturated carbocycles. The largest absolute Gasteiger partial charge is 0.389 e. The second kappa shape index (κ2) is 4.86. The third-order valence-electron chi connectivity index (χ3n) is 3.72. The maximum absolute atomic E-state index is 10.3. The molecule has 1 aromatic heterocycles. The first-order valence-electron chi connectivity index (χ1n) is 6.17. The third kappa shape index (κ3) is 2.47. The molecule has 0 radical (unpaired) electrons. The molecule has 1 aliphatic heterocycles. The normalized spacial score (nSPS) is 17.4. The van der Waals surface area contributed by atoms with E-state index >= 15 is 0 Å². The van der Waals surface area contributed by atoms with Crippen LogP contribution in [0.1, 0.15) is 37.1 Å². The van der Waals surface area contributed by atoms with E-state index in [1.54, 1.807) is 0 Å². The first-order valence-corrected chi connectivity index (χ1v) is 7.05. The van der Waals surface area contributed by atoms with Gasteiger partial charge in [-0.15, -0.1) is 11.3 Å². The standard InChI is InChI=1S/C13H21NOS/c1-3-13(15,4-2)10-14-7-5-12-11(9-14)6-8-16-12/h6,8,15H,3-5,7,9-10H2,1-2H3. The van der Waals surface area contributed by atoms with Crippen molar-refractivity contribution in [3.8, 4) is 0 Å². The summed E-state index contributed by atoms with van der Waals surface area (Å²) in [6, 6.07) is 2.23. The molecule has 0 aliphatic carbocycles. The molecule has 0 bridgehead atoms. The van der Waals surface area contributed by atoms with E-state index in [4.69, 9.17) is 0 Å². The van der Waals surface area contributed by atoms with E-state index in [9.17, 15) is 5.11 Å². The van der Waals surface area contributed by atoms with Crippen LogP contribution in [0.4, 0.5) is 0 Å². The van der Waals surface area contributed by atoms with Crippen LogP contribution in [0.3, 0.4) is 0 Å². The number of nitrogens with zero attached hydrogens (tertiary/aromatic N) is 1. The monoisotopic (exact) mass is 239 g/mol. The van der Waals surface area contributed by atoms with Gasteiger partial charge in [0.05, 0.1) is 5.60 Å². The molecule has 1 aliphatic rings. The Labute approximate surface area is 102 Å². The van der Waals surface area contributed by atoms with Crippen molar-refractivity contribution in [1.29, 1.82) is 0 Å². The fourth-order valence-corrected chi connectivity index (χ4v) is 3.22. The van der Waals surface area contributed by atoms with E-state index in [0.29, 0.717) is 0 Å². The molecule has 16 heavy (non-hydrogen) atoms. The van der Waals surface area contributed by atoms with Gasteiger partial charge in [0, 0.05) is 24.5 Å². The average Bonchev–Trinajstić information content (AvgIpc) is 2.76. The highest BCUT2D eigenvalue weighted by molar-refractivity contribution is 7.10. The summed E-state index contributed by atoms with van der Waals surface area (Å²) in [6.07, 6.45) is 2.84. The van der Waals surface area contributed by atoms with Crippen molar-refractivity contribution < 1.29 is 5.11 Å². The quantitative estimate of drug-likeness (QED) is 0.873. The highest BCUT2D eigenvalue weighted by Crippen LogP contribution is 2.26. The van der Waals surface area contributed by atoms with Crippen LogP contribution in [0.5, 0.6) is 0 Å². The van der Waals surface area contributed by atoms with E-state index in [1.807, 2.05) is 11.3 Å². The number of aliphatic hydroxyl groups is 1. The molecular formula is C13H21NOS. The van der Waals surface area contributed by atoms with Crippen LogP contribution in [0.25, 0.3) is 0 Å². The van der Waals surface area contributed by atoms with Crippen molar-refractivity contribution in [3.63, 3.8) is 0 Å². The zero-order chi connectivity index (χ0) is 11.6. The Morgan fingerprint density at radius 3 is 2.88 bits per heavy atom. The van der Waals surface area contributed by atoms with Gasteiger partial charge in [0.25, 0.3) is 0 Å². The molecule has 0 saturated heterocycles. The molecule has 2 rings (SSSR count). The highest BCUT2D eigenvalue weighted by Gasteiger charge is 2.27. The van der Waals surface area contributed by atoms with Gasteiger partial charge in [0.15, 0.2) is 0 Å². The lowest BCUT2D eigenvalue weighted by Crippen LogP contribution is -2.44. The molecule has 1 N–H and O–H groups in total. The van der Waals surface area contributed by atoms with Crippen molar-refractivity contribution in [3.05, 3.63) is 21.9 Å². The number of hydrogen-bond donors (Lipinski definition) is 1. The smallest absolute Gasteiger partial charge is 0.0769 e. The Morgan fingerprint density at radius 1 is 1.44 bits per heavy atom. The van der Waals surface area contributed by atoms with Crippen LogP contribution in [0.15, 0.2) is 11.4 Å². The van der Waals surface area contributed by atoms with Crippen LogP contribution in [-0.4, -0.2) is 28.7 Å². The molecule has 90 valence electrons. The zero-order valence-corrected chi connectivity index (χ0v) is 11.0. The fraction of sp³-hybridized carbons (Fsp3) is 0.692. The molecule has 2 heterocycles. The summed E-state index contributed by atoms with van der Waals surface area (Å²) >= 11 is 1.87. The number of β-amino-alcohol motifs (C(OH)–C–C–N with tert-alkyl or cyclic N) is 1. The molecule has 0 unspecified atom stereocenters. The van der Waals surface area contributed by atoms with Crippen molar-refractivity contribution in [2.45, 2.75) is 45.3 Å². The van der Waals surface area contributed by atoms with Gasteiger partial charge in [-0.3, -0.25) is 4.90 Å². The average molecular weight is 239 g/mol. The number of rotatable bonds is 4. The maximum Gasteiger partial charge on any atom is 0.0769 e. The molecular weight excluding hydrogens is 218 g/mol. The summed E-state index contributed by atoms with van der Waals surface area (Å²) in [6.45, 7) is 7.07. The minimum absolute atomic E-state index is 0.493. The van der Waals surface area contributed by atoms with Crippen molar-refractivity contribution in [2.75, 3.05) is 13.1 Å². The summed E-state index contributed by atoms with van der Waals surface area (Å²) < 4.78 is 0. The van der Waals surface area contributed by atoms with Gasteiger partial charge in [-0.2, -0.15) is 0 Å². The summed E-state index contributed by atoms with van der Waals surface area (Å²) in [5.74, 6) is 0. The van der Waals surface area contributed by atoms with Crippen LogP contribution < -0.4 is 0 Å². The topological polar surface area (TPSA) is 23.5 Å². The lowest BCUT2D eigenvalue weighted by atomic mass is 9.95. The number of hydrogen-bond acceptors (Lipinski definition) is 3. The molecule has 0 fully saturated rings. The van der Waals surface area contributed by atoms with Gasteiger partial charge in [0.1, 0.15) is 0 Å². The maximum atomic E-state index is 10.3. The van der Waals surface area contributed by atoms with Gasteiger partial charge in [-0.25, -0.2) is 0 Å². The molecule has 0 amide bonds. The number of thiophene rings is 1. The molecule has 2 nitrogen and oxygen atoms in total. The molecule has 1 aromatic rings. The van der Waals surface area contributed by atoms with Crippen LogP contribution in [-0.2, 0) is 13.0 Å².